The first-order valence-corrected chi connectivity index (χ1v) is 12.7. The van der Waals surface area contributed by atoms with Crippen molar-refractivity contribution in [3.05, 3.63) is 35.7 Å². The lowest BCUT2D eigenvalue weighted by Gasteiger charge is -2.29. The molecule has 0 saturated carbocycles. The molecule has 1 aromatic carbocycles. The molecule has 0 radical (unpaired) electrons. The fourth-order valence-electron chi connectivity index (χ4n) is 3.14. The Morgan fingerprint density at radius 3 is 2.70 bits per heavy atom. The Bertz CT molecular complexity index is 879. The average Bonchev–Trinajstić information content (AvgIpc) is 3.24. The summed E-state index contributed by atoms with van der Waals surface area (Å²) in [5, 5.41) is 2.00. The molecule has 3 rings (SSSR count). The van der Waals surface area contributed by atoms with E-state index >= 15 is 0 Å². The Balaban J connectivity index is 1.63. The van der Waals surface area contributed by atoms with E-state index < -0.39 is 9.84 Å². The number of amides is 1. The Kier molecular flexibility index (Phi) is 6.60. The van der Waals surface area contributed by atoms with E-state index in [0.717, 1.165) is 15.6 Å². The van der Waals surface area contributed by atoms with Gasteiger partial charge in [-0.25, -0.2) is 13.4 Å². The number of hydrogen-bond acceptors (Lipinski definition) is 6. The van der Waals surface area contributed by atoms with Gasteiger partial charge in [0.2, 0.25) is 5.91 Å². The first kappa shape index (κ1) is 20.4. The molecule has 1 fully saturated rings. The maximum absolute atomic E-state index is 12.8. The molecule has 0 N–H and O–H groups in total. The van der Waals surface area contributed by atoms with Crippen LogP contribution in [-0.4, -0.2) is 54.1 Å². The van der Waals surface area contributed by atoms with Crippen LogP contribution < -0.4 is 0 Å². The zero-order valence-corrected chi connectivity index (χ0v) is 17.9. The van der Waals surface area contributed by atoms with E-state index in [1.807, 2.05) is 49.6 Å². The van der Waals surface area contributed by atoms with E-state index in [9.17, 15) is 13.2 Å². The van der Waals surface area contributed by atoms with E-state index in [1.54, 1.807) is 4.90 Å². The van der Waals surface area contributed by atoms with Gasteiger partial charge in [0.15, 0.2) is 14.2 Å². The largest absolute Gasteiger partial charge is 0.338 e. The monoisotopic (exact) mass is 424 g/mol. The molecule has 1 aliphatic heterocycles. The summed E-state index contributed by atoms with van der Waals surface area (Å²) in [6, 6.07) is 9.76. The van der Waals surface area contributed by atoms with Gasteiger partial charge < -0.3 is 4.90 Å². The van der Waals surface area contributed by atoms with Gasteiger partial charge in [-0.1, -0.05) is 55.9 Å². The third-order valence-electron chi connectivity index (χ3n) is 4.40. The number of nitrogens with zero attached hydrogens (tertiary/aromatic N) is 2. The third kappa shape index (κ3) is 5.56. The molecule has 5 nitrogen and oxygen atoms in total. The van der Waals surface area contributed by atoms with Gasteiger partial charge in [-0.2, -0.15) is 0 Å². The topological polar surface area (TPSA) is 67.3 Å². The number of sulfone groups is 1. The second kappa shape index (κ2) is 8.75. The Labute approximate surface area is 169 Å². The summed E-state index contributed by atoms with van der Waals surface area (Å²) in [5.41, 5.74) is 1.97. The minimum absolute atomic E-state index is 0.00717. The molecule has 1 saturated heterocycles. The predicted octanol–water partition coefficient (Wildman–Crippen LogP) is 3.57. The highest BCUT2D eigenvalue weighted by Gasteiger charge is 2.34. The molecule has 0 spiro atoms. The van der Waals surface area contributed by atoms with E-state index in [4.69, 9.17) is 0 Å². The van der Waals surface area contributed by atoms with Crippen molar-refractivity contribution in [2.75, 3.05) is 23.8 Å². The maximum Gasteiger partial charge on any atom is 0.233 e. The van der Waals surface area contributed by atoms with Crippen molar-refractivity contribution in [3.8, 4) is 11.3 Å². The summed E-state index contributed by atoms with van der Waals surface area (Å²) in [4.78, 5) is 19.2. The average molecular weight is 425 g/mol. The number of aromatic nitrogens is 1. The van der Waals surface area contributed by atoms with E-state index in [1.165, 1.54) is 23.1 Å². The predicted molar refractivity (Wildman–Crippen MR) is 112 cm³/mol. The number of carbonyl (C=O) groups excluding carboxylic acids is 1. The van der Waals surface area contributed by atoms with Gasteiger partial charge in [-0.3, -0.25) is 4.79 Å². The van der Waals surface area contributed by atoms with Crippen molar-refractivity contribution in [1.29, 1.82) is 0 Å². The number of thiazole rings is 1. The molecule has 1 aromatic heterocycles. The van der Waals surface area contributed by atoms with Crippen LogP contribution in [0.15, 0.2) is 40.1 Å². The normalized spacial score (nSPS) is 18.7. The van der Waals surface area contributed by atoms with Crippen molar-refractivity contribution in [1.82, 2.24) is 9.88 Å². The van der Waals surface area contributed by atoms with Crippen LogP contribution in [0.4, 0.5) is 0 Å². The van der Waals surface area contributed by atoms with E-state index in [-0.39, 0.29) is 29.2 Å². The molecule has 2 aromatic rings. The van der Waals surface area contributed by atoms with Gasteiger partial charge in [0.05, 0.1) is 23.0 Å². The molecule has 2 heterocycles. The van der Waals surface area contributed by atoms with Crippen LogP contribution in [0.1, 0.15) is 20.3 Å². The molecular weight excluding hydrogens is 400 g/mol. The smallest absolute Gasteiger partial charge is 0.233 e. The summed E-state index contributed by atoms with van der Waals surface area (Å²) >= 11 is 2.95. The first-order valence-electron chi connectivity index (χ1n) is 8.98. The van der Waals surface area contributed by atoms with Crippen molar-refractivity contribution in [2.45, 2.75) is 30.6 Å². The van der Waals surface area contributed by atoms with Gasteiger partial charge in [0.25, 0.3) is 0 Å². The highest BCUT2D eigenvalue weighted by atomic mass is 32.2. The van der Waals surface area contributed by atoms with Gasteiger partial charge in [-0.05, 0) is 12.3 Å². The standard InChI is InChI=1S/C19H24N2O3S3/c1-14(2)10-21(16-8-9-27(23,24)13-16)18(22)12-26-19-20-17(11-25-19)15-6-4-3-5-7-15/h3-7,11,14,16H,8-10,12-13H2,1-2H3. The summed E-state index contributed by atoms with van der Waals surface area (Å²) in [6.45, 7) is 4.68. The quantitative estimate of drug-likeness (QED) is 0.636. The molecule has 1 unspecified atom stereocenters. The molecule has 146 valence electrons. The van der Waals surface area contributed by atoms with E-state index in [0.29, 0.717) is 18.9 Å². The Hall–Kier alpha value is -1.38. The SMILES string of the molecule is CC(C)CN(C(=O)CSc1nc(-c2ccccc2)cs1)C1CCS(=O)(=O)C1. The zero-order chi connectivity index (χ0) is 19.4. The van der Waals surface area contributed by atoms with Crippen LogP contribution in [0, 0.1) is 5.92 Å². The summed E-state index contributed by atoms with van der Waals surface area (Å²) < 4.78 is 24.5. The molecule has 8 heteroatoms. The van der Waals surface area contributed by atoms with Crippen LogP contribution in [0.25, 0.3) is 11.3 Å². The van der Waals surface area contributed by atoms with E-state index in [2.05, 4.69) is 4.98 Å². The highest BCUT2D eigenvalue weighted by molar-refractivity contribution is 8.01. The minimum Gasteiger partial charge on any atom is -0.338 e. The summed E-state index contributed by atoms with van der Waals surface area (Å²) in [6.07, 6.45) is 0.543. The molecule has 1 aliphatic rings. The number of carbonyl (C=O) groups is 1. The van der Waals surface area contributed by atoms with Gasteiger partial charge in [0.1, 0.15) is 0 Å². The summed E-state index contributed by atoms with van der Waals surface area (Å²) in [5.74, 6) is 0.843. The Morgan fingerprint density at radius 1 is 1.33 bits per heavy atom. The van der Waals surface area contributed by atoms with Gasteiger partial charge in [-0.15, -0.1) is 11.3 Å². The van der Waals surface area contributed by atoms with Crippen molar-refractivity contribution >= 4 is 38.8 Å². The molecular formula is C19H24N2O3S3. The second-order valence-corrected chi connectivity index (χ2v) is 11.5. The van der Waals surface area contributed by atoms with Crippen molar-refractivity contribution in [3.63, 3.8) is 0 Å². The van der Waals surface area contributed by atoms with Crippen LogP contribution in [0.2, 0.25) is 0 Å². The molecule has 0 bridgehead atoms. The second-order valence-electron chi connectivity index (χ2n) is 7.15. The van der Waals surface area contributed by atoms with Crippen molar-refractivity contribution < 1.29 is 13.2 Å². The zero-order valence-electron chi connectivity index (χ0n) is 15.5. The lowest BCUT2D eigenvalue weighted by Crippen LogP contribution is -2.44. The first-order chi connectivity index (χ1) is 12.8. The number of rotatable bonds is 7. The van der Waals surface area contributed by atoms with Gasteiger partial charge in [0, 0.05) is 23.5 Å². The van der Waals surface area contributed by atoms with Crippen LogP contribution in [0.5, 0.6) is 0 Å². The third-order valence-corrected chi connectivity index (χ3v) is 8.16. The maximum atomic E-state index is 12.8. The fourth-order valence-corrected chi connectivity index (χ4v) is 6.59. The van der Waals surface area contributed by atoms with Crippen LogP contribution >= 0.6 is 23.1 Å². The lowest BCUT2D eigenvalue weighted by atomic mass is 10.1. The van der Waals surface area contributed by atoms with Crippen LogP contribution in [0.3, 0.4) is 0 Å². The molecule has 27 heavy (non-hydrogen) atoms. The highest BCUT2D eigenvalue weighted by Crippen LogP contribution is 2.29. The fraction of sp³-hybridized carbons (Fsp3) is 0.474. The summed E-state index contributed by atoms with van der Waals surface area (Å²) in [7, 11) is -3.02. The van der Waals surface area contributed by atoms with Crippen molar-refractivity contribution in [2.24, 2.45) is 5.92 Å². The molecule has 1 atom stereocenters. The number of hydrogen-bond donors (Lipinski definition) is 0. The lowest BCUT2D eigenvalue weighted by molar-refractivity contribution is -0.130. The minimum atomic E-state index is -3.02. The molecule has 1 amide bonds. The number of thioether (sulfide) groups is 1. The number of benzene rings is 1. The Morgan fingerprint density at radius 2 is 2.07 bits per heavy atom. The van der Waals surface area contributed by atoms with Crippen LogP contribution in [-0.2, 0) is 14.6 Å². The van der Waals surface area contributed by atoms with Gasteiger partial charge >= 0.3 is 0 Å². The molecule has 0 aliphatic carbocycles.